The predicted molar refractivity (Wildman–Crippen MR) is 107 cm³/mol. The van der Waals surface area contributed by atoms with E-state index >= 15 is 0 Å². The van der Waals surface area contributed by atoms with E-state index in [1.165, 1.54) is 5.56 Å². The third kappa shape index (κ3) is 3.86. The molecule has 0 radical (unpaired) electrons. The zero-order valence-corrected chi connectivity index (χ0v) is 16.3. The second-order valence-corrected chi connectivity index (χ2v) is 8.24. The van der Waals surface area contributed by atoms with Gasteiger partial charge in [0.15, 0.2) is 5.13 Å². The SMILES string of the molecule is Cc1ccc2nc(CSCC(=O)N3CCN(c4nccs4)CC3)cn2c1. The van der Waals surface area contributed by atoms with E-state index in [0.717, 1.165) is 48.4 Å². The van der Waals surface area contributed by atoms with Crippen molar-refractivity contribution in [2.75, 3.05) is 36.8 Å². The summed E-state index contributed by atoms with van der Waals surface area (Å²) < 4.78 is 2.05. The van der Waals surface area contributed by atoms with Crippen LogP contribution >= 0.6 is 23.1 Å². The van der Waals surface area contributed by atoms with Gasteiger partial charge in [-0.15, -0.1) is 23.1 Å². The summed E-state index contributed by atoms with van der Waals surface area (Å²) in [4.78, 5) is 25.6. The van der Waals surface area contributed by atoms with Gasteiger partial charge in [0, 0.05) is 55.9 Å². The van der Waals surface area contributed by atoms with Crippen LogP contribution in [-0.4, -0.2) is 57.1 Å². The van der Waals surface area contributed by atoms with Gasteiger partial charge in [-0.1, -0.05) is 6.07 Å². The maximum absolute atomic E-state index is 12.4. The van der Waals surface area contributed by atoms with Crippen molar-refractivity contribution in [3.05, 3.63) is 47.4 Å². The first-order valence-electron chi connectivity index (χ1n) is 8.63. The van der Waals surface area contributed by atoms with E-state index in [-0.39, 0.29) is 5.91 Å². The number of fused-ring (bicyclic) bond motifs is 1. The molecule has 0 spiro atoms. The summed E-state index contributed by atoms with van der Waals surface area (Å²) in [5.41, 5.74) is 3.18. The molecule has 136 valence electrons. The predicted octanol–water partition coefficient (Wildman–Crippen LogP) is 2.68. The standard InChI is InChI=1S/C18H21N5OS2/c1-14-2-3-16-20-15(11-23(16)10-14)12-25-13-17(24)21-5-7-22(8-6-21)18-19-4-9-26-18/h2-4,9-11H,5-8,12-13H2,1H3. The van der Waals surface area contributed by atoms with Crippen molar-refractivity contribution in [3.63, 3.8) is 0 Å². The molecule has 0 unspecified atom stereocenters. The lowest BCUT2D eigenvalue weighted by molar-refractivity contribution is -0.128. The summed E-state index contributed by atoms with van der Waals surface area (Å²) in [7, 11) is 0. The number of imidazole rings is 1. The third-order valence-corrected chi connectivity index (χ3v) is 6.23. The van der Waals surface area contributed by atoms with Crippen molar-refractivity contribution in [3.8, 4) is 0 Å². The van der Waals surface area contributed by atoms with Crippen LogP contribution in [0.4, 0.5) is 5.13 Å². The lowest BCUT2D eigenvalue weighted by atomic mass is 10.3. The Labute approximate surface area is 160 Å². The Bertz CT molecular complexity index is 884. The fourth-order valence-electron chi connectivity index (χ4n) is 3.08. The van der Waals surface area contributed by atoms with Gasteiger partial charge in [-0.25, -0.2) is 9.97 Å². The molecule has 0 aromatic carbocycles. The molecule has 1 aliphatic rings. The van der Waals surface area contributed by atoms with Crippen LogP contribution in [0.15, 0.2) is 36.1 Å². The van der Waals surface area contributed by atoms with Crippen molar-refractivity contribution >= 4 is 39.8 Å². The largest absolute Gasteiger partial charge is 0.345 e. The Morgan fingerprint density at radius 3 is 2.85 bits per heavy atom. The molecular weight excluding hydrogens is 366 g/mol. The minimum Gasteiger partial charge on any atom is -0.345 e. The molecule has 26 heavy (non-hydrogen) atoms. The van der Waals surface area contributed by atoms with Crippen LogP contribution in [0.3, 0.4) is 0 Å². The fourth-order valence-corrected chi connectivity index (χ4v) is 4.58. The fraction of sp³-hybridized carbons (Fsp3) is 0.389. The first-order valence-corrected chi connectivity index (χ1v) is 10.7. The van der Waals surface area contributed by atoms with E-state index in [4.69, 9.17) is 0 Å². The van der Waals surface area contributed by atoms with Crippen molar-refractivity contribution in [1.29, 1.82) is 0 Å². The molecule has 4 rings (SSSR count). The zero-order chi connectivity index (χ0) is 17.9. The number of carbonyl (C=O) groups is 1. The zero-order valence-electron chi connectivity index (χ0n) is 14.7. The molecule has 0 bridgehead atoms. The number of thioether (sulfide) groups is 1. The van der Waals surface area contributed by atoms with Crippen LogP contribution in [0.25, 0.3) is 5.65 Å². The Morgan fingerprint density at radius 2 is 2.08 bits per heavy atom. The average Bonchev–Trinajstić information content (AvgIpc) is 3.31. The first-order chi connectivity index (χ1) is 12.7. The van der Waals surface area contributed by atoms with Crippen molar-refractivity contribution in [2.24, 2.45) is 0 Å². The number of carbonyl (C=O) groups excluding carboxylic acids is 1. The minimum absolute atomic E-state index is 0.216. The Balaban J connectivity index is 1.25. The number of nitrogens with zero attached hydrogens (tertiary/aromatic N) is 5. The van der Waals surface area contributed by atoms with E-state index in [0.29, 0.717) is 5.75 Å². The smallest absolute Gasteiger partial charge is 0.232 e. The number of piperazine rings is 1. The monoisotopic (exact) mass is 387 g/mol. The van der Waals surface area contributed by atoms with E-state index < -0.39 is 0 Å². The number of aryl methyl sites for hydroxylation is 1. The molecule has 1 aliphatic heterocycles. The highest BCUT2D eigenvalue weighted by Gasteiger charge is 2.22. The summed E-state index contributed by atoms with van der Waals surface area (Å²) in [5, 5.41) is 3.04. The molecule has 1 amide bonds. The van der Waals surface area contributed by atoms with Crippen LogP contribution in [0.5, 0.6) is 0 Å². The van der Waals surface area contributed by atoms with Gasteiger partial charge in [0.2, 0.25) is 5.91 Å². The van der Waals surface area contributed by atoms with Crippen molar-refractivity contribution < 1.29 is 4.79 Å². The maximum atomic E-state index is 12.4. The van der Waals surface area contributed by atoms with Crippen molar-refractivity contribution in [2.45, 2.75) is 12.7 Å². The van der Waals surface area contributed by atoms with Crippen LogP contribution in [0.1, 0.15) is 11.3 Å². The second kappa shape index (κ2) is 7.67. The van der Waals surface area contributed by atoms with E-state index in [9.17, 15) is 4.79 Å². The molecule has 1 saturated heterocycles. The van der Waals surface area contributed by atoms with Crippen molar-refractivity contribution in [1.82, 2.24) is 19.3 Å². The Hall–Kier alpha value is -2.06. The Morgan fingerprint density at radius 1 is 1.23 bits per heavy atom. The molecule has 0 aliphatic carbocycles. The highest BCUT2D eigenvalue weighted by atomic mass is 32.2. The Kier molecular flexibility index (Phi) is 5.12. The van der Waals surface area contributed by atoms with Crippen LogP contribution in [-0.2, 0) is 10.5 Å². The normalized spacial score (nSPS) is 15.0. The van der Waals surface area contributed by atoms with Crippen LogP contribution < -0.4 is 4.90 Å². The summed E-state index contributed by atoms with van der Waals surface area (Å²) in [6, 6.07) is 4.09. The van der Waals surface area contributed by atoms with Gasteiger partial charge in [-0.2, -0.15) is 0 Å². The van der Waals surface area contributed by atoms with Gasteiger partial charge < -0.3 is 14.2 Å². The third-order valence-electron chi connectivity index (χ3n) is 4.45. The number of hydrogen-bond donors (Lipinski definition) is 0. The van der Waals surface area contributed by atoms with E-state index in [1.807, 2.05) is 33.1 Å². The quantitative estimate of drug-likeness (QED) is 0.674. The molecule has 8 heteroatoms. The number of aromatic nitrogens is 3. The van der Waals surface area contributed by atoms with Gasteiger partial charge in [-0.05, 0) is 18.6 Å². The average molecular weight is 388 g/mol. The molecule has 3 aromatic rings. The molecule has 1 fully saturated rings. The van der Waals surface area contributed by atoms with E-state index in [2.05, 4.69) is 34.1 Å². The molecule has 4 heterocycles. The first kappa shape index (κ1) is 17.4. The summed E-state index contributed by atoms with van der Waals surface area (Å²) in [6.07, 6.45) is 5.95. The lowest BCUT2D eigenvalue weighted by Gasteiger charge is -2.34. The molecule has 0 saturated carbocycles. The number of thiazole rings is 1. The highest BCUT2D eigenvalue weighted by Crippen LogP contribution is 2.20. The number of anilines is 1. The highest BCUT2D eigenvalue weighted by molar-refractivity contribution is 7.99. The summed E-state index contributed by atoms with van der Waals surface area (Å²) in [5.74, 6) is 1.48. The molecule has 0 atom stereocenters. The van der Waals surface area contributed by atoms with Crippen LogP contribution in [0.2, 0.25) is 0 Å². The van der Waals surface area contributed by atoms with Gasteiger partial charge in [0.05, 0.1) is 11.4 Å². The van der Waals surface area contributed by atoms with E-state index in [1.54, 1.807) is 23.1 Å². The number of pyridine rings is 1. The minimum atomic E-state index is 0.216. The number of hydrogen-bond acceptors (Lipinski definition) is 6. The topological polar surface area (TPSA) is 53.7 Å². The molecule has 6 nitrogen and oxygen atoms in total. The second-order valence-electron chi connectivity index (χ2n) is 6.38. The van der Waals surface area contributed by atoms with Gasteiger partial charge in [0.25, 0.3) is 0 Å². The number of amides is 1. The summed E-state index contributed by atoms with van der Waals surface area (Å²) >= 11 is 3.29. The van der Waals surface area contributed by atoms with Crippen LogP contribution in [0, 0.1) is 6.92 Å². The maximum Gasteiger partial charge on any atom is 0.232 e. The van der Waals surface area contributed by atoms with Gasteiger partial charge >= 0.3 is 0 Å². The molecule has 3 aromatic heterocycles. The molecular formula is C18H21N5OS2. The molecule has 0 N–H and O–H groups in total. The lowest BCUT2D eigenvalue weighted by Crippen LogP contribution is -2.49. The van der Waals surface area contributed by atoms with Gasteiger partial charge in [0.1, 0.15) is 5.65 Å². The summed E-state index contributed by atoms with van der Waals surface area (Å²) in [6.45, 7) is 5.32. The van der Waals surface area contributed by atoms with Gasteiger partial charge in [-0.3, -0.25) is 4.79 Å². The number of rotatable bonds is 5.